The number of nitrogens with zero attached hydrogens (tertiary/aromatic N) is 1. The zero-order valence-corrected chi connectivity index (χ0v) is 9.73. The number of carbonyl (C=O) groups excluding carboxylic acids is 2. The Bertz CT molecular complexity index is 262. The normalized spacial score (nSPS) is 20.1. The Kier molecular flexibility index (Phi) is 4.70. The van der Waals surface area contributed by atoms with Crippen LogP contribution < -0.4 is 11.1 Å². The van der Waals surface area contributed by atoms with Crippen LogP contribution in [0.2, 0.25) is 0 Å². The first-order chi connectivity index (χ1) is 7.52. The molecule has 3 N–H and O–H groups in total. The van der Waals surface area contributed by atoms with Crippen molar-refractivity contribution < 1.29 is 14.3 Å². The van der Waals surface area contributed by atoms with Crippen molar-refractivity contribution in [2.24, 2.45) is 5.73 Å². The molecule has 16 heavy (non-hydrogen) atoms. The van der Waals surface area contributed by atoms with Crippen molar-refractivity contribution in [3.63, 3.8) is 0 Å². The average Bonchev–Trinajstić information content (AvgIpc) is 2.28. The lowest BCUT2D eigenvalue weighted by atomic mass is 10.2. The molecule has 1 aliphatic rings. The Morgan fingerprint density at radius 1 is 1.31 bits per heavy atom. The maximum Gasteiger partial charge on any atom is 0.245 e. The van der Waals surface area contributed by atoms with E-state index in [9.17, 15) is 9.59 Å². The summed E-state index contributed by atoms with van der Waals surface area (Å²) >= 11 is 0. The van der Waals surface area contributed by atoms with Crippen molar-refractivity contribution in [1.29, 1.82) is 0 Å². The number of rotatable bonds is 3. The molecule has 0 bridgehead atoms. The molecule has 2 amide bonds. The second kappa shape index (κ2) is 5.81. The summed E-state index contributed by atoms with van der Waals surface area (Å²) in [6.07, 6.45) is 0. The third-order valence-electron chi connectivity index (χ3n) is 2.47. The fourth-order valence-corrected chi connectivity index (χ4v) is 1.46. The minimum atomic E-state index is -0.597. The fraction of sp³-hybridized carbons (Fsp3) is 0.800. The van der Waals surface area contributed by atoms with Crippen molar-refractivity contribution in [2.75, 3.05) is 26.3 Å². The van der Waals surface area contributed by atoms with E-state index in [1.54, 1.807) is 18.7 Å². The quantitative estimate of drug-likeness (QED) is 0.630. The average molecular weight is 229 g/mol. The Labute approximate surface area is 95.1 Å². The highest BCUT2D eigenvalue weighted by atomic mass is 16.5. The lowest BCUT2D eigenvalue weighted by Crippen LogP contribution is -2.52. The van der Waals surface area contributed by atoms with Gasteiger partial charge in [0.1, 0.15) is 6.04 Å². The molecule has 0 spiro atoms. The summed E-state index contributed by atoms with van der Waals surface area (Å²) in [7, 11) is 0. The Morgan fingerprint density at radius 2 is 1.88 bits per heavy atom. The molecule has 0 aromatic carbocycles. The van der Waals surface area contributed by atoms with Gasteiger partial charge in [0.25, 0.3) is 0 Å². The second-order valence-corrected chi connectivity index (χ2v) is 3.96. The molecule has 1 saturated heterocycles. The second-order valence-electron chi connectivity index (χ2n) is 3.96. The molecule has 1 aliphatic heterocycles. The topological polar surface area (TPSA) is 84.7 Å². The van der Waals surface area contributed by atoms with E-state index < -0.39 is 12.1 Å². The number of carbonyl (C=O) groups is 2. The minimum Gasteiger partial charge on any atom is -0.378 e. The van der Waals surface area contributed by atoms with E-state index in [1.165, 1.54) is 0 Å². The molecular weight excluding hydrogens is 210 g/mol. The molecule has 0 aromatic rings. The van der Waals surface area contributed by atoms with Gasteiger partial charge in [-0.1, -0.05) is 0 Å². The van der Waals surface area contributed by atoms with E-state index in [0.717, 1.165) is 0 Å². The lowest BCUT2D eigenvalue weighted by molar-refractivity contribution is -0.139. The van der Waals surface area contributed by atoms with E-state index >= 15 is 0 Å². The maximum absolute atomic E-state index is 11.9. The van der Waals surface area contributed by atoms with Crippen LogP contribution >= 0.6 is 0 Å². The van der Waals surface area contributed by atoms with Gasteiger partial charge in [-0.05, 0) is 13.8 Å². The third-order valence-corrected chi connectivity index (χ3v) is 2.47. The van der Waals surface area contributed by atoms with Gasteiger partial charge in [0, 0.05) is 13.1 Å². The van der Waals surface area contributed by atoms with Gasteiger partial charge in [0.05, 0.1) is 19.3 Å². The largest absolute Gasteiger partial charge is 0.378 e. The molecule has 1 rings (SSSR count). The van der Waals surface area contributed by atoms with E-state index in [0.29, 0.717) is 26.3 Å². The molecule has 6 nitrogen and oxygen atoms in total. The summed E-state index contributed by atoms with van der Waals surface area (Å²) in [5.41, 5.74) is 5.41. The van der Waals surface area contributed by atoms with Gasteiger partial charge in [-0.15, -0.1) is 0 Å². The zero-order chi connectivity index (χ0) is 12.1. The standard InChI is InChI=1S/C10H19N3O3/c1-7(11)9(14)12-8(2)10(15)13-3-5-16-6-4-13/h7-8H,3-6,11H2,1-2H3,(H,12,14)/t7-,8?/m0/s1. The van der Waals surface area contributed by atoms with Crippen molar-refractivity contribution >= 4 is 11.8 Å². The van der Waals surface area contributed by atoms with Gasteiger partial charge < -0.3 is 20.7 Å². The number of amides is 2. The molecular formula is C10H19N3O3. The molecule has 0 aliphatic carbocycles. The van der Waals surface area contributed by atoms with E-state index in [-0.39, 0.29) is 11.8 Å². The molecule has 92 valence electrons. The van der Waals surface area contributed by atoms with Gasteiger partial charge in [0.2, 0.25) is 11.8 Å². The SMILES string of the molecule is CC(NC(=O)[C@H](C)N)C(=O)N1CCOCC1. The molecule has 6 heteroatoms. The monoisotopic (exact) mass is 229 g/mol. The van der Waals surface area contributed by atoms with Crippen LogP contribution in [0.15, 0.2) is 0 Å². The molecule has 2 atom stereocenters. The fourth-order valence-electron chi connectivity index (χ4n) is 1.46. The van der Waals surface area contributed by atoms with Crippen LogP contribution in [-0.4, -0.2) is 55.1 Å². The summed E-state index contributed by atoms with van der Waals surface area (Å²) in [5, 5.41) is 2.58. The molecule has 0 radical (unpaired) electrons. The minimum absolute atomic E-state index is 0.0858. The first kappa shape index (κ1) is 12.9. The zero-order valence-electron chi connectivity index (χ0n) is 9.73. The van der Waals surface area contributed by atoms with Crippen molar-refractivity contribution in [3.8, 4) is 0 Å². The predicted molar refractivity (Wildman–Crippen MR) is 58.7 cm³/mol. The smallest absolute Gasteiger partial charge is 0.245 e. The summed E-state index contributed by atoms with van der Waals surface area (Å²) in [6, 6.07) is -1.13. The van der Waals surface area contributed by atoms with Crippen molar-refractivity contribution in [3.05, 3.63) is 0 Å². The van der Waals surface area contributed by atoms with Crippen LogP contribution in [-0.2, 0) is 14.3 Å². The highest BCUT2D eigenvalue weighted by molar-refractivity contribution is 5.89. The lowest BCUT2D eigenvalue weighted by Gasteiger charge is -2.29. The third kappa shape index (κ3) is 3.46. The Hall–Kier alpha value is -1.14. The van der Waals surface area contributed by atoms with E-state index in [2.05, 4.69) is 5.32 Å². The number of hydrogen-bond acceptors (Lipinski definition) is 4. The van der Waals surface area contributed by atoms with Gasteiger partial charge in [-0.2, -0.15) is 0 Å². The Morgan fingerprint density at radius 3 is 2.38 bits per heavy atom. The predicted octanol–water partition coefficient (Wildman–Crippen LogP) is -1.30. The highest BCUT2D eigenvalue weighted by Crippen LogP contribution is 2.00. The van der Waals surface area contributed by atoms with E-state index in [1.807, 2.05) is 0 Å². The molecule has 0 aromatic heterocycles. The highest BCUT2D eigenvalue weighted by Gasteiger charge is 2.24. The summed E-state index contributed by atoms with van der Waals surface area (Å²) in [4.78, 5) is 24.9. The number of nitrogens with two attached hydrogens (primary N) is 1. The van der Waals surface area contributed by atoms with Crippen LogP contribution in [0.5, 0.6) is 0 Å². The van der Waals surface area contributed by atoms with Crippen LogP contribution in [0.25, 0.3) is 0 Å². The molecule has 1 heterocycles. The molecule has 0 saturated carbocycles. The number of hydrogen-bond donors (Lipinski definition) is 2. The molecule has 1 fully saturated rings. The van der Waals surface area contributed by atoms with Gasteiger partial charge >= 0.3 is 0 Å². The summed E-state index contributed by atoms with van der Waals surface area (Å²) in [6.45, 7) is 5.52. The Balaban J connectivity index is 2.43. The van der Waals surface area contributed by atoms with Crippen LogP contribution in [0.3, 0.4) is 0 Å². The molecule has 1 unspecified atom stereocenters. The number of nitrogens with one attached hydrogen (secondary N) is 1. The van der Waals surface area contributed by atoms with Crippen molar-refractivity contribution in [1.82, 2.24) is 10.2 Å². The first-order valence-corrected chi connectivity index (χ1v) is 5.45. The van der Waals surface area contributed by atoms with Gasteiger partial charge in [-0.3, -0.25) is 9.59 Å². The maximum atomic E-state index is 11.9. The van der Waals surface area contributed by atoms with Gasteiger partial charge in [-0.25, -0.2) is 0 Å². The van der Waals surface area contributed by atoms with Crippen LogP contribution in [0.1, 0.15) is 13.8 Å². The number of ether oxygens (including phenoxy) is 1. The number of morpholine rings is 1. The summed E-state index contributed by atoms with van der Waals surface area (Å²) in [5.74, 6) is -0.397. The van der Waals surface area contributed by atoms with Crippen LogP contribution in [0.4, 0.5) is 0 Å². The first-order valence-electron chi connectivity index (χ1n) is 5.45. The summed E-state index contributed by atoms with van der Waals surface area (Å²) < 4.78 is 5.15. The van der Waals surface area contributed by atoms with E-state index in [4.69, 9.17) is 10.5 Å². The van der Waals surface area contributed by atoms with Crippen LogP contribution in [0, 0.1) is 0 Å². The van der Waals surface area contributed by atoms with Crippen molar-refractivity contribution in [2.45, 2.75) is 25.9 Å². The van der Waals surface area contributed by atoms with Gasteiger partial charge in [0.15, 0.2) is 0 Å².